The smallest absolute Gasteiger partial charge is 0.270 e. The number of rotatable bonds is 8. The molecule has 1 aromatic heterocycles. The summed E-state index contributed by atoms with van der Waals surface area (Å²) in [5.41, 5.74) is 0.801. The van der Waals surface area contributed by atoms with Gasteiger partial charge in [0.1, 0.15) is 12.7 Å². The number of hydrogen-bond donors (Lipinski definition) is 1. The van der Waals surface area contributed by atoms with Crippen LogP contribution in [0.1, 0.15) is 36.7 Å². The molecular formula is C21H29ClN4O4S. The third-order valence-corrected chi connectivity index (χ3v) is 5.80. The molecule has 3 rings (SSSR count). The molecule has 0 aliphatic carbocycles. The molecule has 1 aromatic carbocycles. The normalized spacial score (nSPS) is 15.6. The molecule has 1 saturated heterocycles. The van der Waals surface area contributed by atoms with E-state index in [2.05, 4.69) is 13.6 Å². The number of nitrogens with zero attached hydrogens (tertiary/aromatic N) is 4. The Hall–Kier alpha value is -1.94. The first kappa shape index (κ1) is 23.7. The molecule has 2 aromatic rings. The van der Waals surface area contributed by atoms with Gasteiger partial charge in [-0.05, 0) is 32.4 Å². The van der Waals surface area contributed by atoms with Crippen LogP contribution in [0.5, 0.6) is 5.88 Å². The Kier molecular flexibility index (Phi) is 8.10. The SMILES string of the molecule is CC(C)(C)N(CC(O)COc1nsnc1N1CCOCC1)C(=O)c1ccccc1CCl. The molecule has 2 heterocycles. The van der Waals surface area contributed by atoms with Crippen LogP contribution in [0.25, 0.3) is 0 Å². The van der Waals surface area contributed by atoms with E-state index >= 15 is 0 Å². The minimum atomic E-state index is -0.898. The number of aliphatic hydroxyl groups excluding tert-OH is 1. The predicted octanol–water partition coefficient (Wildman–Crippen LogP) is 2.79. The zero-order valence-corrected chi connectivity index (χ0v) is 19.7. The fraction of sp³-hybridized carbons (Fsp3) is 0.571. The lowest BCUT2D eigenvalue weighted by Gasteiger charge is -2.37. The van der Waals surface area contributed by atoms with E-state index in [1.807, 2.05) is 39.0 Å². The van der Waals surface area contributed by atoms with Gasteiger partial charge in [-0.3, -0.25) is 4.79 Å². The van der Waals surface area contributed by atoms with Gasteiger partial charge in [-0.15, -0.1) is 16.0 Å². The van der Waals surface area contributed by atoms with Gasteiger partial charge >= 0.3 is 0 Å². The monoisotopic (exact) mass is 468 g/mol. The van der Waals surface area contributed by atoms with Crippen molar-refractivity contribution in [3.63, 3.8) is 0 Å². The molecule has 1 fully saturated rings. The molecular weight excluding hydrogens is 440 g/mol. The second-order valence-corrected chi connectivity index (χ2v) is 9.13. The Morgan fingerprint density at radius 3 is 2.71 bits per heavy atom. The van der Waals surface area contributed by atoms with Crippen LogP contribution < -0.4 is 9.64 Å². The topological polar surface area (TPSA) is 88.0 Å². The molecule has 0 saturated carbocycles. The Morgan fingerprint density at radius 2 is 2.03 bits per heavy atom. The zero-order chi connectivity index (χ0) is 22.4. The highest BCUT2D eigenvalue weighted by Gasteiger charge is 2.31. The maximum atomic E-state index is 13.3. The molecule has 31 heavy (non-hydrogen) atoms. The van der Waals surface area contributed by atoms with Crippen molar-refractivity contribution in [2.45, 2.75) is 38.3 Å². The molecule has 0 spiro atoms. The molecule has 0 bridgehead atoms. The van der Waals surface area contributed by atoms with Crippen LogP contribution >= 0.6 is 23.3 Å². The van der Waals surface area contributed by atoms with E-state index < -0.39 is 11.6 Å². The van der Waals surface area contributed by atoms with Crippen LogP contribution in [-0.2, 0) is 10.6 Å². The van der Waals surface area contributed by atoms with Gasteiger partial charge in [0.05, 0.1) is 31.5 Å². The molecule has 1 amide bonds. The maximum Gasteiger partial charge on any atom is 0.270 e. The summed E-state index contributed by atoms with van der Waals surface area (Å²) < 4.78 is 19.7. The standard InChI is InChI=1S/C21H29ClN4O4S/c1-21(2,3)26(20(28)17-7-5-4-6-15(17)12-22)13-16(27)14-30-19-18(23-31-24-19)25-8-10-29-11-9-25/h4-7,16,27H,8-14H2,1-3H3. The summed E-state index contributed by atoms with van der Waals surface area (Å²) in [6, 6.07) is 7.26. The summed E-state index contributed by atoms with van der Waals surface area (Å²) in [6.45, 7) is 8.61. The van der Waals surface area contributed by atoms with Crippen LogP contribution in [0.15, 0.2) is 24.3 Å². The third kappa shape index (κ3) is 6.06. The number of aliphatic hydroxyl groups is 1. The molecule has 0 radical (unpaired) electrons. The average molecular weight is 469 g/mol. The number of aromatic nitrogens is 2. The molecule has 1 atom stereocenters. The summed E-state index contributed by atoms with van der Waals surface area (Å²) in [4.78, 5) is 17.0. The van der Waals surface area contributed by atoms with E-state index in [1.165, 1.54) is 0 Å². The number of benzene rings is 1. The van der Waals surface area contributed by atoms with Crippen molar-refractivity contribution < 1.29 is 19.4 Å². The van der Waals surface area contributed by atoms with Crippen molar-refractivity contribution in [2.24, 2.45) is 0 Å². The van der Waals surface area contributed by atoms with Gasteiger partial charge in [-0.2, -0.15) is 4.37 Å². The zero-order valence-electron chi connectivity index (χ0n) is 18.1. The van der Waals surface area contributed by atoms with Crippen molar-refractivity contribution in [2.75, 3.05) is 44.4 Å². The third-order valence-electron chi connectivity index (χ3n) is 5.01. The van der Waals surface area contributed by atoms with Crippen molar-refractivity contribution >= 4 is 35.1 Å². The Labute approximate surface area is 192 Å². The highest BCUT2D eigenvalue weighted by molar-refractivity contribution is 6.99. The van der Waals surface area contributed by atoms with E-state index in [-0.39, 0.29) is 24.9 Å². The van der Waals surface area contributed by atoms with E-state index in [1.54, 1.807) is 11.0 Å². The number of alkyl halides is 1. The Morgan fingerprint density at radius 1 is 1.32 bits per heavy atom. The lowest BCUT2D eigenvalue weighted by Crippen LogP contribution is -2.50. The molecule has 1 aliphatic rings. The summed E-state index contributed by atoms with van der Waals surface area (Å²) in [5, 5.41) is 10.7. The quantitative estimate of drug-likeness (QED) is 0.596. The number of carbonyl (C=O) groups excluding carboxylic acids is 1. The lowest BCUT2D eigenvalue weighted by molar-refractivity contribution is 0.0261. The highest BCUT2D eigenvalue weighted by atomic mass is 35.5. The van der Waals surface area contributed by atoms with Crippen LogP contribution in [0.2, 0.25) is 0 Å². The number of anilines is 1. The van der Waals surface area contributed by atoms with Crippen molar-refractivity contribution in [3.8, 4) is 5.88 Å². The first-order valence-electron chi connectivity index (χ1n) is 10.2. The molecule has 1 unspecified atom stereocenters. The van der Waals surface area contributed by atoms with Gasteiger partial charge in [-0.25, -0.2) is 0 Å². The van der Waals surface area contributed by atoms with Crippen molar-refractivity contribution in [1.29, 1.82) is 0 Å². The van der Waals surface area contributed by atoms with Gasteiger partial charge in [0, 0.05) is 30.1 Å². The van der Waals surface area contributed by atoms with Crippen molar-refractivity contribution in [1.82, 2.24) is 13.6 Å². The number of ether oxygens (including phenoxy) is 2. The molecule has 1 N–H and O–H groups in total. The minimum absolute atomic E-state index is 0.000232. The van der Waals surface area contributed by atoms with Crippen LogP contribution in [0.3, 0.4) is 0 Å². The van der Waals surface area contributed by atoms with Crippen LogP contribution in [-0.4, -0.2) is 75.8 Å². The van der Waals surface area contributed by atoms with Crippen LogP contribution in [0, 0.1) is 0 Å². The van der Waals surface area contributed by atoms with Gasteiger partial charge < -0.3 is 24.4 Å². The molecule has 170 valence electrons. The number of β-amino-alcohol motifs (C(OH)–C–C–N with tert-alkyl or cyclic N) is 1. The lowest BCUT2D eigenvalue weighted by atomic mass is 10.0. The van der Waals surface area contributed by atoms with Gasteiger partial charge in [0.25, 0.3) is 11.8 Å². The summed E-state index contributed by atoms with van der Waals surface area (Å²) in [7, 11) is 0. The fourth-order valence-electron chi connectivity index (χ4n) is 3.33. The highest BCUT2D eigenvalue weighted by Crippen LogP contribution is 2.27. The largest absolute Gasteiger partial charge is 0.472 e. The Balaban J connectivity index is 1.66. The number of hydrogen-bond acceptors (Lipinski definition) is 8. The van der Waals surface area contributed by atoms with E-state index in [0.29, 0.717) is 30.5 Å². The summed E-state index contributed by atoms with van der Waals surface area (Å²) in [6.07, 6.45) is -0.898. The van der Waals surface area contributed by atoms with E-state index in [0.717, 1.165) is 30.4 Å². The average Bonchev–Trinajstić information content (AvgIpc) is 3.24. The number of carbonyl (C=O) groups is 1. The summed E-state index contributed by atoms with van der Waals surface area (Å²) >= 11 is 7.09. The van der Waals surface area contributed by atoms with E-state index in [9.17, 15) is 9.90 Å². The van der Waals surface area contributed by atoms with Gasteiger partial charge in [-0.1, -0.05) is 18.2 Å². The van der Waals surface area contributed by atoms with E-state index in [4.69, 9.17) is 21.1 Å². The molecule has 1 aliphatic heterocycles. The number of halogens is 1. The maximum absolute atomic E-state index is 13.3. The summed E-state index contributed by atoms with van der Waals surface area (Å²) in [5.74, 6) is 1.13. The number of morpholine rings is 1. The number of amides is 1. The van der Waals surface area contributed by atoms with Gasteiger partial charge in [0.15, 0.2) is 0 Å². The second-order valence-electron chi connectivity index (χ2n) is 8.33. The predicted molar refractivity (Wildman–Crippen MR) is 121 cm³/mol. The Bertz CT molecular complexity index is 867. The van der Waals surface area contributed by atoms with Gasteiger partial charge in [0.2, 0.25) is 5.82 Å². The first-order valence-corrected chi connectivity index (χ1v) is 11.5. The second kappa shape index (κ2) is 10.6. The fourth-order valence-corrected chi connectivity index (χ4v) is 4.08. The van der Waals surface area contributed by atoms with Crippen LogP contribution in [0.4, 0.5) is 5.82 Å². The molecule has 10 heteroatoms. The van der Waals surface area contributed by atoms with Crippen molar-refractivity contribution in [3.05, 3.63) is 35.4 Å². The first-order chi connectivity index (χ1) is 14.8. The minimum Gasteiger partial charge on any atom is -0.472 e. The molecule has 8 nitrogen and oxygen atoms in total.